The summed E-state index contributed by atoms with van der Waals surface area (Å²) in [6.07, 6.45) is -21.5. The predicted molar refractivity (Wildman–Crippen MR) is 152 cm³/mol. The molecule has 0 aliphatic carbocycles. The van der Waals surface area contributed by atoms with E-state index in [4.69, 9.17) is 10.2 Å². The van der Waals surface area contributed by atoms with E-state index >= 15 is 0 Å². The van der Waals surface area contributed by atoms with Gasteiger partial charge in [0.1, 0.15) is 54.2 Å². The first-order valence-electron chi connectivity index (χ1n) is 13.8. The second-order valence-electron chi connectivity index (χ2n) is 10.9. The van der Waals surface area contributed by atoms with Gasteiger partial charge in [-0.1, -0.05) is 0 Å². The fourth-order valence-electron chi connectivity index (χ4n) is 4.75. The third-order valence-electron chi connectivity index (χ3n) is 7.66. The van der Waals surface area contributed by atoms with Crippen LogP contribution in [0.5, 0.6) is 0 Å². The van der Waals surface area contributed by atoms with Gasteiger partial charge in [0.05, 0.1) is 13.2 Å². The van der Waals surface area contributed by atoms with Crippen molar-refractivity contribution in [3.05, 3.63) is 0 Å². The van der Waals surface area contributed by atoms with E-state index in [0.29, 0.717) is 0 Å². The standard InChI is InChI=1S/C12H25O9S.C12H25O9Se.2ClH/c2*13-1-5(15)10(19)12(21)11(20)7(17)4-22-3-6(16)9(18)8(22)2-14;;/h2*5-21H,1-4H2;2*1H/q2*+1;;/p-2/t5-,6-,7-,8-,9+,10-,11-,12-,22?;5-,6+,7+,8+,9-,10+,11+,12+,22?;;/m10../s1. The molecule has 0 saturated carbocycles. The number of rotatable bonds is 16. The van der Waals surface area contributed by atoms with Crippen LogP contribution >= 0.6 is 0 Å². The van der Waals surface area contributed by atoms with Gasteiger partial charge in [0.2, 0.25) is 0 Å². The fourth-order valence-corrected chi connectivity index (χ4v) is 13.1. The monoisotopic (exact) mass is 808 g/mol. The number of halogens is 2. The summed E-state index contributed by atoms with van der Waals surface area (Å²) in [6.45, 7) is -2.38. The Bertz CT molecular complexity index is 743. The van der Waals surface area contributed by atoms with Crippen LogP contribution in [0.15, 0.2) is 0 Å². The van der Waals surface area contributed by atoms with Gasteiger partial charge in [0.25, 0.3) is 0 Å². The molecule has 22 heteroatoms. The fraction of sp³-hybridized carbons (Fsp3) is 1.00. The maximum atomic E-state index is 9.96. The molecular weight excluding hydrogens is 758 g/mol. The maximum Gasteiger partial charge on any atom is -1.00 e. The van der Waals surface area contributed by atoms with Crippen molar-refractivity contribution in [3.8, 4) is 0 Å². The van der Waals surface area contributed by atoms with Gasteiger partial charge < -0.3 is 70.8 Å². The van der Waals surface area contributed by atoms with E-state index in [1.807, 2.05) is 0 Å². The second kappa shape index (κ2) is 23.3. The van der Waals surface area contributed by atoms with Crippen molar-refractivity contribution in [2.45, 2.75) is 106 Å². The third kappa shape index (κ3) is 13.1. The molecule has 0 aromatic rings. The first kappa shape index (κ1) is 48.8. The van der Waals surface area contributed by atoms with E-state index in [0.717, 1.165) is 0 Å². The Morgan fingerprint density at radius 3 is 1.39 bits per heavy atom. The van der Waals surface area contributed by atoms with Gasteiger partial charge in [-0.3, -0.25) is 0 Å². The maximum absolute atomic E-state index is 9.96. The molecular formula is C24H50Cl2O18SSe. The Balaban J connectivity index is 0. The van der Waals surface area contributed by atoms with Gasteiger partial charge in [-0.15, -0.1) is 0 Å². The van der Waals surface area contributed by atoms with E-state index in [2.05, 4.69) is 0 Å². The number of aliphatic hydroxyl groups is 18. The molecule has 18 atom stereocenters. The number of hydrogen-bond acceptors (Lipinski definition) is 18. The van der Waals surface area contributed by atoms with Crippen molar-refractivity contribution in [2.24, 2.45) is 0 Å². The quantitative estimate of drug-likeness (QED) is 0.0508. The van der Waals surface area contributed by atoms with Crippen LogP contribution in [0, 0.1) is 0 Å². The van der Waals surface area contributed by atoms with Crippen LogP contribution in [0.2, 0.25) is 15.5 Å². The number of aliphatic hydroxyl groups excluding tert-OH is 18. The van der Waals surface area contributed by atoms with Crippen LogP contribution in [-0.4, -0.2) is 234 Å². The molecule has 2 aliphatic rings. The molecule has 2 rings (SSSR count). The van der Waals surface area contributed by atoms with Crippen molar-refractivity contribution >= 4 is 24.8 Å². The Labute approximate surface area is 284 Å². The summed E-state index contributed by atoms with van der Waals surface area (Å²) >= 11 is -1.84. The molecule has 0 amide bonds. The molecule has 18 nitrogen and oxygen atoms in total. The smallest absolute Gasteiger partial charge is 1.00 e. The van der Waals surface area contributed by atoms with Gasteiger partial charge in [0, 0.05) is 10.9 Å². The van der Waals surface area contributed by atoms with Gasteiger partial charge >= 0.3 is 131 Å². The Morgan fingerprint density at radius 1 is 0.543 bits per heavy atom. The average Bonchev–Trinajstić information content (AvgIpc) is 3.44. The minimum absolute atomic E-state index is 0. The molecule has 2 aliphatic heterocycles. The van der Waals surface area contributed by atoms with Crippen LogP contribution in [0.25, 0.3) is 0 Å². The van der Waals surface area contributed by atoms with Crippen molar-refractivity contribution in [3.63, 3.8) is 0 Å². The summed E-state index contributed by atoms with van der Waals surface area (Å²) in [7, 11) is -0.783. The minimum Gasteiger partial charge on any atom is -1.00 e. The summed E-state index contributed by atoms with van der Waals surface area (Å²) in [4.78, 5) is -0.540. The SMILES string of the molecule is OC[C@@H](O)[C@@H](O)[C@@H](O)[C@H](O)[C@H](O)C[S+]1C[C@@H](O)[C@H](O)[C@H]1CO.OC[C@@H]1[C@@H](O)[C@H](O)C[Se+]1C[C@@H](O)[C@@H](O)[C@H](O)[C@H](O)[C@@H](O)CO.[Cl-].[Cl-]. The topological polar surface area (TPSA) is 364 Å². The van der Waals surface area contributed by atoms with Crippen LogP contribution in [0.3, 0.4) is 0 Å². The molecule has 0 aromatic carbocycles. The normalized spacial score (nSPS) is 34.3. The van der Waals surface area contributed by atoms with Crippen molar-refractivity contribution in [2.75, 3.05) is 37.9 Å². The molecule has 280 valence electrons. The molecule has 0 aromatic heterocycles. The average molecular weight is 809 g/mol. The first-order chi connectivity index (χ1) is 20.5. The van der Waals surface area contributed by atoms with Crippen molar-refractivity contribution in [1.82, 2.24) is 0 Å². The van der Waals surface area contributed by atoms with Gasteiger partial charge in [0.15, 0.2) is 5.25 Å². The van der Waals surface area contributed by atoms with E-state index in [9.17, 15) is 81.7 Å². The van der Waals surface area contributed by atoms with Crippen molar-refractivity contribution < 1.29 is 117 Å². The molecule has 2 saturated heterocycles. The zero-order chi connectivity index (χ0) is 34.0. The minimum atomic E-state index is -1.88. The Morgan fingerprint density at radius 2 is 0.978 bits per heavy atom. The molecule has 46 heavy (non-hydrogen) atoms. The third-order valence-corrected chi connectivity index (χ3v) is 16.4. The van der Waals surface area contributed by atoms with Crippen LogP contribution in [-0.2, 0) is 10.9 Å². The van der Waals surface area contributed by atoms with Gasteiger partial charge in [-0.25, -0.2) is 0 Å². The molecule has 0 spiro atoms. The molecule has 2 unspecified atom stereocenters. The molecule has 0 bridgehead atoms. The summed E-state index contributed by atoms with van der Waals surface area (Å²) in [6, 6.07) is 0. The van der Waals surface area contributed by atoms with E-state index < -0.39 is 140 Å². The molecule has 18 N–H and O–H groups in total. The largest absolute Gasteiger partial charge is 1.00 e. The van der Waals surface area contributed by atoms with Crippen molar-refractivity contribution in [1.29, 1.82) is 0 Å². The van der Waals surface area contributed by atoms with Crippen LogP contribution in [0.4, 0.5) is 0 Å². The predicted octanol–water partition coefficient (Wildman–Crippen LogP) is -16.1. The van der Waals surface area contributed by atoms with Crippen LogP contribution < -0.4 is 24.8 Å². The first-order valence-corrected chi connectivity index (χ1v) is 18.8. The van der Waals surface area contributed by atoms with E-state index in [1.165, 1.54) is 0 Å². The van der Waals surface area contributed by atoms with Gasteiger partial charge in [-0.05, 0) is 0 Å². The molecule has 2 heterocycles. The molecule has 0 radical (unpaired) electrons. The second-order valence-corrected chi connectivity index (χ2v) is 18.1. The zero-order valence-corrected chi connectivity index (χ0v) is 28.6. The number of hydrogen-bond donors (Lipinski definition) is 18. The molecule has 2 fully saturated rings. The van der Waals surface area contributed by atoms with Gasteiger partial charge in [-0.2, -0.15) is 0 Å². The summed E-state index contributed by atoms with van der Waals surface area (Å²) in [5, 5.41) is 170. The summed E-state index contributed by atoms with van der Waals surface area (Å²) in [5.41, 5.74) is 0. The zero-order valence-electron chi connectivity index (χ0n) is 24.5. The van der Waals surface area contributed by atoms with E-state index in [1.54, 1.807) is 0 Å². The van der Waals surface area contributed by atoms with Crippen LogP contribution in [0.1, 0.15) is 0 Å². The summed E-state index contributed by atoms with van der Waals surface area (Å²) < 4.78 is 0. The summed E-state index contributed by atoms with van der Waals surface area (Å²) in [5.74, 6) is 0.0492. The van der Waals surface area contributed by atoms with E-state index in [-0.39, 0.29) is 53.6 Å². The Kier molecular flexibility index (Phi) is 24.7. The Hall–Kier alpha value is 0.729.